The van der Waals surface area contributed by atoms with E-state index in [9.17, 15) is 4.79 Å². The lowest BCUT2D eigenvalue weighted by molar-refractivity contribution is -0.145. The molecule has 3 nitrogen and oxygen atoms in total. The van der Waals surface area contributed by atoms with Crippen molar-refractivity contribution in [1.29, 1.82) is 0 Å². The maximum Gasteiger partial charge on any atom is 0.307 e. The van der Waals surface area contributed by atoms with Gasteiger partial charge in [-0.2, -0.15) is 0 Å². The number of ether oxygens (including phenoxy) is 1. The molecular formula is C16H31NO2. The van der Waals surface area contributed by atoms with Crippen molar-refractivity contribution >= 4 is 5.97 Å². The van der Waals surface area contributed by atoms with Crippen LogP contribution in [0.15, 0.2) is 0 Å². The zero-order valence-electron chi connectivity index (χ0n) is 13.0. The number of carbonyl (C=O) groups excluding carboxylic acids is 1. The summed E-state index contributed by atoms with van der Waals surface area (Å²) in [6.07, 6.45) is 8.18. The number of hydrogen-bond acceptors (Lipinski definition) is 3. The molecule has 0 aliphatic carbocycles. The van der Waals surface area contributed by atoms with Crippen LogP contribution in [0.3, 0.4) is 0 Å². The van der Waals surface area contributed by atoms with E-state index >= 15 is 0 Å². The van der Waals surface area contributed by atoms with Gasteiger partial charge in [0, 0.05) is 6.04 Å². The maximum atomic E-state index is 11.8. The average Bonchev–Trinajstić information content (AvgIpc) is 2.65. The van der Waals surface area contributed by atoms with Gasteiger partial charge in [-0.05, 0) is 45.2 Å². The highest BCUT2D eigenvalue weighted by atomic mass is 16.5. The Morgan fingerprint density at radius 3 is 2.32 bits per heavy atom. The average molecular weight is 269 g/mol. The van der Waals surface area contributed by atoms with Gasteiger partial charge >= 0.3 is 5.97 Å². The van der Waals surface area contributed by atoms with Gasteiger partial charge in [0.25, 0.3) is 0 Å². The first-order chi connectivity index (χ1) is 9.19. The van der Waals surface area contributed by atoms with Crippen molar-refractivity contribution in [2.45, 2.75) is 71.8 Å². The Balaban J connectivity index is 2.63. The number of likely N-dealkylation sites (tertiary alicyclic amines) is 1. The molecule has 1 fully saturated rings. The highest BCUT2D eigenvalue weighted by molar-refractivity contribution is 5.70. The largest absolute Gasteiger partial charge is 0.466 e. The van der Waals surface area contributed by atoms with Crippen molar-refractivity contribution in [3.8, 4) is 0 Å². The number of hydrogen-bond donors (Lipinski definition) is 0. The predicted octanol–water partition coefficient (Wildman–Crippen LogP) is 3.62. The summed E-state index contributed by atoms with van der Waals surface area (Å²) in [7, 11) is 0. The van der Waals surface area contributed by atoms with E-state index < -0.39 is 0 Å². The fourth-order valence-electron chi connectivity index (χ4n) is 3.16. The van der Waals surface area contributed by atoms with Crippen LogP contribution >= 0.6 is 0 Å². The van der Waals surface area contributed by atoms with Crippen molar-refractivity contribution < 1.29 is 9.53 Å². The molecule has 0 amide bonds. The molecule has 112 valence electrons. The van der Waals surface area contributed by atoms with Crippen LogP contribution in [-0.4, -0.2) is 36.6 Å². The minimum atomic E-state index is -0.0281. The molecule has 0 N–H and O–H groups in total. The molecule has 0 aromatic heterocycles. The summed E-state index contributed by atoms with van der Waals surface area (Å²) >= 11 is 0. The van der Waals surface area contributed by atoms with Crippen molar-refractivity contribution in [3.05, 3.63) is 0 Å². The Kier molecular flexibility index (Phi) is 8.11. The van der Waals surface area contributed by atoms with Crippen LogP contribution in [0.25, 0.3) is 0 Å². The summed E-state index contributed by atoms with van der Waals surface area (Å²) < 4.78 is 5.16. The SMILES string of the molecule is CCCC(C)C(CC(=O)OCC)N1CCCCCC1. The number of esters is 1. The summed E-state index contributed by atoms with van der Waals surface area (Å²) in [5, 5.41) is 0. The van der Waals surface area contributed by atoms with Crippen LogP contribution in [0.2, 0.25) is 0 Å². The van der Waals surface area contributed by atoms with Crippen LogP contribution in [-0.2, 0) is 9.53 Å². The Bertz CT molecular complexity index is 247. The molecule has 0 saturated carbocycles. The molecule has 0 spiro atoms. The monoisotopic (exact) mass is 269 g/mol. The van der Waals surface area contributed by atoms with E-state index in [2.05, 4.69) is 18.7 Å². The summed E-state index contributed by atoms with van der Waals surface area (Å²) in [5.74, 6) is 0.548. The Morgan fingerprint density at radius 2 is 1.79 bits per heavy atom. The molecule has 1 saturated heterocycles. The first-order valence-corrected chi connectivity index (χ1v) is 8.08. The summed E-state index contributed by atoms with van der Waals surface area (Å²) in [5.41, 5.74) is 0. The van der Waals surface area contributed by atoms with Gasteiger partial charge in [-0.3, -0.25) is 9.69 Å². The first kappa shape index (κ1) is 16.5. The van der Waals surface area contributed by atoms with Crippen molar-refractivity contribution in [2.24, 2.45) is 5.92 Å². The van der Waals surface area contributed by atoms with Gasteiger partial charge in [0.1, 0.15) is 0 Å². The Hall–Kier alpha value is -0.570. The third-order valence-electron chi connectivity index (χ3n) is 4.19. The highest BCUT2D eigenvalue weighted by Gasteiger charge is 2.27. The van der Waals surface area contributed by atoms with Gasteiger partial charge in [0.15, 0.2) is 0 Å². The molecule has 1 heterocycles. The van der Waals surface area contributed by atoms with Gasteiger partial charge in [-0.1, -0.05) is 33.1 Å². The number of rotatable bonds is 7. The molecule has 0 aromatic rings. The lowest BCUT2D eigenvalue weighted by Crippen LogP contribution is -2.42. The third-order valence-corrected chi connectivity index (χ3v) is 4.19. The molecule has 0 aromatic carbocycles. The van der Waals surface area contributed by atoms with Crippen LogP contribution in [0.4, 0.5) is 0 Å². The molecule has 2 unspecified atom stereocenters. The van der Waals surface area contributed by atoms with Crippen LogP contribution < -0.4 is 0 Å². The maximum absolute atomic E-state index is 11.8. The quantitative estimate of drug-likeness (QED) is 0.661. The normalized spacial score (nSPS) is 20.6. The van der Waals surface area contributed by atoms with Crippen molar-refractivity contribution in [2.75, 3.05) is 19.7 Å². The summed E-state index contributed by atoms with van der Waals surface area (Å²) in [4.78, 5) is 14.4. The minimum Gasteiger partial charge on any atom is -0.466 e. The predicted molar refractivity (Wildman–Crippen MR) is 79.2 cm³/mol. The van der Waals surface area contributed by atoms with E-state index in [0.29, 0.717) is 25.0 Å². The van der Waals surface area contributed by atoms with Crippen molar-refractivity contribution in [1.82, 2.24) is 4.90 Å². The molecule has 1 aliphatic heterocycles. The minimum absolute atomic E-state index is 0.0281. The summed E-state index contributed by atoms with van der Waals surface area (Å²) in [6, 6.07) is 0.372. The van der Waals surface area contributed by atoms with Gasteiger partial charge in [0.2, 0.25) is 0 Å². The zero-order chi connectivity index (χ0) is 14.1. The molecule has 19 heavy (non-hydrogen) atoms. The van der Waals surface area contributed by atoms with E-state index in [1.807, 2.05) is 6.92 Å². The van der Waals surface area contributed by atoms with Crippen molar-refractivity contribution in [3.63, 3.8) is 0 Å². The lowest BCUT2D eigenvalue weighted by Gasteiger charge is -2.34. The molecule has 1 aliphatic rings. The van der Waals surface area contributed by atoms with Crippen LogP contribution in [0, 0.1) is 5.92 Å². The smallest absolute Gasteiger partial charge is 0.307 e. The van der Waals surface area contributed by atoms with E-state index in [0.717, 1.165) is 13.1 Å². The van der Waals surface area contributed by atoms with Crippen LogP contribution in [0.5, 0.6) is 0 Å². The fourth-order valence-corrected chi connectivity index (χ4v) is 3.16. The molecule has 1 rings (SSSR count). The van der Waals surface area contributed by atoms with E-state index in [4.69, 9.17) is 4.74 Å². The standard InChI is InChI=1S/C16H31NO2/c1-4-10-14(3)15(13-16(18)19-5-2)17-11-8-6-7-9-12-17/h14-15H,4-13H2,1-3H3. The first-order valence-electron chi connectivity index (χ1n) is 8.08. The Morgan fingerprint density at radius 1 is 1.16 bits per heavy atom. The highest BCUT2D eigenvalue weighted by Crippen LogP contribution is 2.23. The van der Waals surface area contributed by atoms with Gasteiger partial charge < -0.3 is 4.74 Å². The van der Waals surface area contributed by atoms with Crippen LogP contribution in [0.1, 0.15) is 65.7 Å². The second-order valence-corrected chi connectivity index (χ2v) is 5.79. The van der Waals surface area contributed by atoms with Gasteiger partial charge in [-0.25, -0.2) is 0 Å². The topological polar surface area (TPSA) is 29.5 Å². The molecule has 0 radical (unpaired) electrons. The number of nitrogens with zero attached hydrogens (tertiary/aromatic N) is 1. The second-order valence-electron chi connectivity index (χ2n) is 5.79. The van der Waals surface area contributed by atoms with E-state index in [1.54, 1.807) is 0 Å². The number of carbonyl (C=O) groups is 1. The molecule has 0 bridgehead atoms. The third kappa shape index (κ3) is 5.94. The summed E-state index contributed by atoms with van der Waals surface area (Å²) in [6.45, 7) is 9.19. The zero-order valence-corrected chi connectivity index (χ0v) is 13.0. The Labute approximate surface area is 118 Å². The lowest BCUT2D eigenvalue weighted by atomic mass is 9.92. The molecule has 2 atom stereocenters. The molecule has 3 heteroatoms. The second kappa shape index (κ2) is 9.35. The van der Waals surface area contributed by atoms with E-state index in [1.165, 1.54) is 38.5 Å². The fraction of sp³-hybridized carbons (Fsp3) is 0.938. The van der Waals surface area contributed by atoms with E-state index in [-0.39, 0.29) is 5.97 Å². The van der Waals surface area contributed by atoms with Gasteiger partial charge in [-0.15, -0.1) is 0 Å². The molecular weight excluding hydrogens is 238 g/mol. The van der Waals surface area contributed by atoms with Gasteiger partial charge in [0.05, 0.1) is 13.0 Å².